The quantitative estimate of drug-likeness (QED) is 0.236. The fourth-order valence-electron chi connectivity index (χ4n) is 2.43. The van der Waals surface area contributed by atoms with Crippen LogP contribution in [-0.2, 0) is 9.59 Å². The lowest BCUT2D eigenvalue weighted by molar-refractivity contribution is -0.121. The zero-order chi connectivity index (χ0) is 23.7. The van der Waals surface area contributed by atoms with Crippen molar-refractivity contribution in [1.29, 1.82) is 0 Å². The van der Waals surface area contributed by atoms with E-state index in [9.17, 15) is 29.4 Å². The first-order valence-corrected chi connectivity index (χ1v) is 11.4. The zero-order valence-corrected chi connectivity index (χ0v) is 18.3. The van der Waals surface area contributed by atoms with E-state index in [0.29, 0.717) is 9.79 Å². The highest BCUT2D eigenvalue weighted by molar-refractivity contribution is 8.76. The average molecular weight is 479 g/mol. The van der Waals surface area contributed by atoms with Gasteiger partial charge in [0, 0.05) is 9.79 Å². The maximum Gasteiger partial charge on any atom is 0.253 e. The van der Waals surface area contributed by atoms with Gasteiger partial charge in [-0.3, -0.25) is 19.2 Å². The molecule has 0 radical (unpaired) electrons. The van der Waals surface area contributed by atoms with Crippen LogP contribution < -0.4 is 22.1 Å². The Morgan fingerprint density at radius 1 is 0.719 bits per heavy atom. The predicted octanol–water partition coefficient (Wildman–Crippen LogP) is -0.362. The Labute approximate surface area is 191 Å². The van der Waals surface area contributed by atoms with E-state index < -0.39 is 48.9 Å². The van der Waals surface area contributed by atoms with Crippen molar-refractivity contribution >= 4 is 45.2 Å². The number of amides is 4. The van der Waals surface area contributed by atoms with E-state index in [4.69, 9.17) is 11.5 Å². The standard InChI is InChI=1S/C20H22N4O6S2/c21-17(27)13(9-25)23-19(29)11-5-1-3-7-15(11)31-32-16-8-4-2-6-12(16)20(30)24-14(10-26)18(22)28/h1-8,13-14,25-26H,9-10H2,(H2,21,27)(H2,22,28)(H,23,29)(H,24,30)/t13-,14-/m0/s1. The Hall–Kier alpha value is -3.06. The molecule has 2 rings (SSSR count). The van der Waals surface area contributed by atoms with E-state index in [-0.39, 0.29) is 11.1 Å². The fraction of sp³-hybridized carbons (Fsp3) is 0.200. The number of hydrogen-bond donors (Lipinski definition) is 6. The van der Waals surface area contributed by atoms with Crippen LogP contribution in [0.3, 0.4) is 0 Å². The second kappa shape index (κ2) is 12.1. The SMILES string of the molecule is NC(=O)[C@H](CO)NC(=O)c1ccccc1SSc1ccccc1C(=O)N[C@@H](CO)C(N)=O. The zero-order valence-electron chi connectivity index (χ0n) is 16.7. The molecular weight excluding hydrogens is 456 g/mol. The van der Waals surface area contributed by atoms with Crippen LogP contribution in [0.2, 0.25) is 0 Å². The van der Waals surface area contributed by atoms with E-state index in [1.54, 1.807) is 48.5 Å². The van der Waals surface area contributed by atoms with E-state index >= 15 is 0 Å². The van der Waals surface area contributed by atoms with Crippen LogP contribution in [0.1, 0.15) is 20.7 Å². The number of aliphatic hydroxyl groups is 2. The Balaban J connectivity index is 2.19. The summed E-state index contributed by atoms with van der Waals surface area (Å²) >= 11 is 0. The molecule has 0 aromatic heterocycles. The monoisotopic (exact) mass is 478 g/mol. The van der Waals surface area contributed by atoms with Crippen molar-refractivity contribution in [2.45, 2.75) is 21.9 Å². The Morgan fingerprint density at radius 2 is 1.06 bits per heavy atom. The van der Waals surface area contributed by atoms with Crippen LogP contribution in [0.4, 0.5) is 0 Å². The van der Waals surface area contributed by atoms with Gasteiger partial charge in [-0.1, -0.05) is 45.9 Å². The summed E-state index contributed by atoms with van der Waals surface area (Å²) in [5.41, 5.74) is 10.8. The van der Waals surface area contributed by atoms with Crippen LogP contribution >= 0.6 is 21.6 Å². The third kappa shape index (κ3) is 6.72. The summed E-state index contributed by atoms with van der Waals surface area (Å²) in [6, 6.07) is 10.7. The van der Waals surface area contributed by atoms with Gasteiger partial charge in [0.25, 0.3) is 11.8 Å². The first-order chi connectivity index (χ1) is 15.3. The number of primary amides is 2. The molecule has 10 nitrogen and oxygen atoms in total. The molecule has 12 heteroatoms. The van der Waals surface area contributed by atoms with Crippen LogP contribution in [-0.4, -0.2) is 59.1 Å². The van der Waals surface area contributed by atoms with Crippen LogP contribution in [0.15, 0.2) is 58.3 Å². The van der Waals surface area contributed by atoms with Crippen LogP contribution in [0, 0.1) is 0 Å². The van der Waals surface area contributed by atoms with Crippen molar-refractivity contribution in [2.75, 3.05) is 13.2 Å². The summed E-state index contributed by atoms with van der Waals surface area (Å²) in [6.07, 6.45) is 0. The molecular formula is C20H22N4O6S2. The molecule has 0 unspecified atom stereocenters. The molecule has 8 N–H and O–H groups in total. The van der Waals surface area contributed by atoms with E-state index in [1.807, 2.05) is 0 Å². The fourth-order valence-corrected chi connectivity index (χ4v) is 4.79. The first-order valence-electron chi connectivity index (χ1n) is 9.23. The predicted molar refractivity (Wildman–Crippen MR) is 120 cm³/mol. The van der Waals surface area contributed by atoms with Gasteiger partial charge < -0.3 is 32.3 Å². The minimum Gasteiger partial charge on any atom is -0.394 e. The topological polar surface area (TPSA) is 185 Å². The van der Waals surface area contributed by atoms with E-state index in [0.717, 1.165) is 0 Å². The second-order valence-corrected chi connectivity index (χ2v) is 8.59. The highest BCUT2D eigenvalue weighted by Gasteiger charge is 2.22. The lowest BCUT2D eigenvalue weighted by atomic mass is 10.2. The summed E-state index contributed by atoms with van der Waals surface area (Å²) in [7, 11) is 2.38. The molecule has 0 aliphatic rings. The number of benzene rings is 2. The summed E-state index contributed by atoms with van der Waals surface area (Å²) in [4.78, 5) is 48.8. The molecule has 0 bridgehead atoms. The lowest BCUT2D eigenvalue weighted by Crippen LogP contribution is -2.46. The maximum absolute atomic E-state index is 12.6. The minimum atomic E-state index is -1.22. The largest absolute Gasteiger partial charge is 0.394 e. The maximum atomic E-state index is 12.6. The normalized spacial score (nSPS) is 12.4. The van der Waals surface area contributed by atoms with Crippen molar-refractivity contribution in [1.82, 2.24) is 10.6 Å². The number of nitrogens with two attached hydrogens (primary N) is 2. The highest BCUT2D eigenvalue weighted by atomic mass is 33.1. The number of aliphatic hydroxyl groups excluding tert-OH is 2. The van der Waals surface area contributed by atoms with Crippen molar-refractivity contribution in [3.63, 3.8) is 0 Å². The molecule has 0 aliphatic heterocycles. The molecule has 0 aliphatic carbocycles. The van der Waals surface area contributed by atoms with Gasteiger partial charge in [0.1, 0.15) is 12.1 Å². The summed E-state index contributed by atoms with van der Waals surface area (Å²) in [6.45, 7) is -1.26. The molecule has 0 saturated heterocycles. The summed E-state index contributed by atoms with van der Waals surface area (Å²) in [5, 5.41) is 23.1. The molecule has 0 spiro atoms. The van der Waals surface area contributed by atoms with Gasteiger partial charge in [-0.15, -0.1) is 0 Å². The molecule has 0 fully saturated rings. The number of carbonyl (C=O) groups excluding carboxylic acids is 4. The molecule has 2 aromatic carbocycles. The van der Waals surface area contributed by atoms with Crippen LogP contribution in [0.25, 0.3) is 0 Å². The molecule has 2 aromatic rings. The number of nitrogens with one attached hydrogen (secondary N) is 2. The second-order valence-electron chi connectivity index (χ2n) is 6.38. The van der Waals surface area contributed by atoms with Crippen molar-refractivity contribution in [3.05, 3.63) is 59.7 Å². The molecule has 0 heterocycles. The minimum absolute atomic E-state index is 0.251. The third-order valence-electron chi connectivity index (χ3n) is 4.15. The van der Waals surface area contributed by atoms with Crippen molar-refractivity contribution in [2.24, 2.45) is 11.5 Å². The van der Waals surface area contributed by atoms with Gasteiger partial charge in [-0.25, -0.2) is 0 Å². The summed E-state index contributed by atoms with van der Waals surface area (Å²) < 4.78 is 0. The average Bonchev–Trinajstić information content (AvgIpc) is 2.79. The lowest BCUT2D eigenvalue weighted by Gasteiger charge is -2.15. The van der Waals surface area contributed by atoms with Gasteiger partial charge in [0.2, 0.25) is 11.8 Å². The molecule has 2 atom stereocenters. The number of carbonyl (C=O) groups is 4. The van der Waals surface area contributed by atoms with Gasteiger partial charge in [-0.2, -0.15) is 0 Å². The Bertz CT molecular complexity index is 924. The van der Waals surface area contributed by atoms with E-state index in [1.165, 1.54) is 21.6 Å². The number of hydrogen-bond acceptors (Lipinski definition) is 8. The Morgan fingerprint density at radius 3 is 1.38 bits per heavy atom. The van der Waals surface area contributed by atoms with Crippen molar-refractivity contribution in [3.8, 4) is 0 Å². The Kier molecular flexibility index (Phi) is 9.53. The van der Waals surface area contributed by atoms with Gasteiger partial charge >= 0.3 is 0 Å². The van der Waals surface area contributed by atoms with Gasteiger partial charge in [0.05, 0.1) is 24.3 Å². The van der Waals surface area contributed by atoms with Gasteiger partial charge in [0.15, 0.2) is 0 Å². The molecule has 32 heavy (non-hydrogen) atoms. The first kappa shape index (κ1) is 25.2. The van der Waals surface area contributed by atoms with Crippen molar-refractivity contribution < 1.29 is 29.4 Å². The molecule has 170 valence electrons. The highest BCUT2D eigenvalue weighted by Crippen LogP contribution is 2.40. The smallest absolute Gasteiger partial charge is 0.253 e. The third-order valence-corrected chi connectivity index (χ3v) is 6.63. The van der Waals surface area contributed by atoms with E-state index in [2.05, 4.69) is 10.6 Å². The molecule has 0 saturated carbocycles. The van der Waals surface area contributed by atoms with Crippen LogP contribution in [0.5, 0.6) is 0 Å². The number of rotatable bonds is 11. The van der Waals surface area contributed by atoms with Gasteiger partial charge in [-0.05, 0) is 24.3 Å². The summed E-state index contributed by atoms with van der Waals surface area (Å²) in [5.74, 6) is -2.91. The molecule has 4 amide bonds.